The lowest BCUT2D eigenvalue weighted by molar-refractivity contribution is 0.304. The number of nitrogens with one attached hydrogen (secondary N) is 1. The van der Waals surface area contributed by atoms with Gasteiger partial charge in [0.05, 0.1) is 12.7 Å². The highest BCUT2D eigenvalue weighted by atomic mass is 16.5. The lowest BCUT2D eigenvalue weighted by atomic mass is 10.2. The fourth-order valence-corrected chi connectivity index (χ4v) is 3.15. The van der Waals surface area contributed by atoms with Gasteiger partial charge in [-0.05, 0) is 17.7 Å². The van der Waals surface area contributed by atoms with Crippen LogP contribution in [0.15, 0.2) is 58.1 Å². The smallest absolute Gasteiger partial charge is 0.332 e. The molecule has 2 aromatic carbocycles. The van der Waals surface area contributed by atoms with Gasteiger partial charge < -0.3 is 14.5 Å². The summed E-state index contributed by atoms with van der Waals surface area (Å²) in [5, 5.41) is 0. The first-order valence-corrected chi connectivity index (χ1v) is 9.00. The zero-order chi connectivity index (χ0) is 20.5. The largest absolute Gasteiger partial charge is 0.496 e. The molecule has 4 rings (SSSR count). The number of hydrogen-bond donors (Lipinski definition) is 1. The van der Waals surface area contributed by atoms with Crippen LogP contribution < -0.4 is 20.7 Å². The van der Waals surface area contributed by atoms with Gasteiger partial charge in [-0.15, -0.1) is 0 Å². The van der Waals surface area contributed by atoms with Gasteiger partial charge >= 0.3 is 5.69 Å². The highest BCUT2D eigenvalue weighted by Gasteiger charge is 2.17. The Morgan fingerprint density at radius 3 is 2.52 bits per heavy atom. The minimum atomic E-state index is -0.433. The quantitative estimate of drug-likeness (QED) is 0.562. The first kappa shape index (κ1) is 18.5. The van der Waals surface area contributed by atoms with Crippen molar-refractivity contribution in [2.45, 2.75) is 6.61 Å². The van der Waals surface area contributed by atoms with Crippen LogP contribution in [0.2, 0.25) is 0 Å². The SMILES string of the molecule is COc1cc(OCc2ccccc2)ccc1-c1nc2c([nH]1)c(=O)n(C)c(=O)n2C. The zero-order valence-corrected chi connectivity index (χ0v) is 16.3. The molecule has 8 heteroatoms. The fraction of sp³-hybridized carbons (Fsp3) is 0.190. The lowest BCUT2D eigenvalue weighted by Gasteiger charge is -2.10. The number of hydrogen-bond acceptors (Lipinski definition) is 5. The summed E-state index contributed by atoms with van der Waals surface area (Å²) in [4.78, 5) is 32.0. The van der Waals surface area contributed by atoms with Crippen molar-refractivity contribution < 1.29 is 9.47 Å². The Balaban J connectivity index is 1.72. The minimum absolute atomic E-state index is 0.260. The van der Waals surface area contributed by atoms with Gasteiger partial charge in [-0.3, -0.25) is 13.9 Å². The first-order chi connectivity index (χ1) is 14.0. The molecule has 0 fully saturated rings. The summed E-state index contributed by atoms with van der Waals surface area (Å²) >= 11 is 0. The normalized spacial score (nSPS) is 11.0. The Bertz CT molecular complexity index is 1300. The molecule has 0 aliphatic carbocycles. The number of aromatic nitrogens is 4. The minimum Gasteiger partial charge on any atom is -0.496 e. The van der Waals surface area contributed by atoms with Crippen LogP contribution in [0.5, 0.6) is 11.5 Å². The topological polar surface area (TPSA) is 91.1 Å². The van der Waals surface area contributed by atoms with Crippen LogP contribution in [-0.2, 0) is 20.7 Å². The Kier molecular flexibility index (Phi) is 4.67. The Labute approximate surface area is 166 Å². The number of H-pyrrole nitrogens is 1. The predicted molar refractivity (Wildman–Crippen MR) is 109 cm³/mol. The number of rotatable bonds is 5. The van der Waals surface area contributed by atoms with Crippen molar-refractivity contribution in [1.82, 2.24) is 19.1 Å². The molecule has 0 atom stereocenters. The molecule has 0 aliphatic rings. The van der Waals surface area contributed by atoms with E-state index in [1.165, 1.54) is 11.6 Å². The van der Waals surface area contributed by atoms with Gasteiger partial charge in [0, 0.05) is 20.2 Å². The third-order valence-electron chi connectivity index (χ3n) is 4.77. The molecule has 2 heterocycles. The van der Waals surface area contributed by atoms with Crippen molar-refractivity contribution in [1.29, 1.82) is 0 Å². The maximum absolute atomic E-state index is 12.4. The van der Waals surface area contributed by atoms with Crippen LogP contribution in [0.3, 0.4) is 0 Å². The molecule has 1 N–H and O–H groups in total. The van der Waals surface area contributed by atoms with Crippen LogP contribution in [0.25, 0.3) is 22.6 Å². The van der Waals surface area contributed by atoms with Gasteiger partial charge in [-0.1, -0.05) is 30.3 Å². The summed E-state index contributed by atoms with van der Waals surface area (Å²) in [6, 6.07) is 15.2. The molecule has 0 saturated heterocycles. The van der Waals surface area contributed by atoms with Crippen molar-refractivity contribution >= 4 is 11.2 Å². The van der Waals surface area contributed by atoms with Crippen LogP contribution >= 0.6 is 0 Å². The molecule has 8 nitrogen and oxygen atoms in total. The summed E-state index contributed by atoms with van der Waals surface area (Å²) in [6.07, 6.45) is 0. The average molecular weight is 392 g/mol. The maximum Gasteiger partial charge on any atom is 0.332 e. The van der Waals surface area contributed by atoms with Gasteiger partial charge in [0.2, 0.25) is 0 Å². The van der Waals surface area contributed by atoms with Crippen molar-refractivity contribution in [3.63, 3.8) is 0 Å². The van der Waals surface area contributed by atoms with Crippen LogP contribution in [-0.4, -0.2) is 26.2 Å². The van der Waals surface area contributed by atoms with E-state index >= 15 is 0 Å². The molecular weight excluding hydrogens is 372 g/mol. The van der Waals surface area contributed by atoms with Crippen LogP contribution in [0.1, 0.15) is 5.56 Å². The second-order valence-electron chi connectivity index (χ2n) is 6.63. The maximum atomic E-state index is 12.4. The summed E-state index contributed by atoms with van der Waals surface area (Å²) in [7, 11) is 4.56. The molecular formula is C21H20N4O4. The van der Waals surface area contributed by atoms with E-state index in [9.17, 15) is 9.59 Å². The average Bonchev–Trinajstić information content (AvgIpc) is 3.21. The summed E-state index contributed by atoms with van der Waals surface area (Å²) in [5.74, 6) is 1.62. The molecule has 0 amide bonds. The molecule has 0 aliphatic heterocycles. The molecule has 4 aromatic rings. The zero-order valence-electron chi connectivity index (χ0n) is 16.3. The Morgan fingerprint density at radius 2 is 1.79 bits per heavy atom. The van der Waals surface area contributed by atoms with Gasteiger partial charge in [0.1, 0.15) is 29.4 Å². The summed E-state index contributed by atoms with van der Waals surface area (Å²) in [6.45, 7) is 0.437. The standard InChI is InChI=1S/C21H20N4O4/c1-24-19-17(20(26)25(2)21(24)27)22-18(23-19)15-10-9-14(11-16(15)28-3)29-12-13-7-5-4-6-8-13/h4-11H,12H2,1-3H3,(H,22,23). The number of nitrogens with zero attached hydrogens (tertiary/aromatic N) is 3. The molecule has 0 bridgehead atoms. The number of methoxy groups -OCH3 is 1. The molecule has 148 valence electrons. The lowest BCUT2D eigenvalue weighted by Crippen LogP contribution is -2.36. The molecule has 29 heavy (non-hydrogen) atoms. The number of benzene rings is 2. The Morgan fingerprint density at radius 1 is 1.03 bits per heavy atom. The first-order valence-electron chi connectivity index (χ1n) is 9.00. The summed E-state index contributed by atoms with van der Waals surface area (Å²) < 4.78 is 13.7. The number of imidazole rings is 1. The number of aryl methyl sites for hydroxylation is 1. The van der Waals surface area contributed by atoms with Gasteiger partial charge in [-0.2, -0.15) is 0 Å². The van der Waals surface area contributed by atoms with Crippen molar-refractivity contribution in [3.05, 3.63) is 74.9 Å². The van der Waals surface area contributed by atoms with E-state index in [-0.39, 0.29) is 5.52 Å². The second kappa shape index (κ2) is 7.31. The van der Waals surface area contributed by atoms with E-state index in [1.54, 1.807) is 26.3 Å². The highest BCUT2D eigenvalue weighted by molar-refractivity contribution is 5.77. The second-order valence-corrected chi connectivity index (χ2v) is 6.63. The van der Waals surface area contributed by atoms with E-state index in [4.69, 9.17) is 9.47 Å². The van der Waals surface area contributed by atoms with Gasteiger partial charge in [0.25, 0.3) is 5.56 Å². The fourth-order valence-electron chi connectivity index (χ4n) is 3.15. The molecule has 2 aromatic heterocycles. The molecule has 0 radical (unpaired) electrons. The van der Waals surface area contributed by atoms with Gasteiger partial charge in [0.15, 0.2) is 5.65 Å². The number of ether oxygens (including phenoxy) is 2. The van der Waals surface area contributed by atoms with Crippen molar-refractivity contribution in [2.75, 3.05) is 7.11 Å². The third-order valence-corrected chi connectivity index (χ3v) is 4.77. The monoisotopic (exact) mass is 392 g/mol. The molecule has 0 unspecified atom stereocenters. The van der Waals surface area contributed by atoms with E-state index in [1.807, 2.05) is 36.4 Å². The van der Waals surface area contributed by atoms with E-state index in [0.29, 0.717) is 35.1 Å². The van der Waals surface area contributed by atoms with E-state index in [2.05, 4.69) is 9.97 Å². The van der Waals surface area contributed by atoms with Crippen molar-refractivity contribution in [3.8, 4) is 22.9 Å². The van der Waals surface area contributed by atoms with Crippen LogP contribution in [0, 0.1) is 0 Å². The molecule has 0 spiro atoms. The predicted octanol–water partition coefficient (Wildman–Crippen LogP) is 2.21. The summed E-state index contributed by atoms with van der Waals surface area (Å²) in [5.41, 5.74) is 1.41. The molecule has 0 saturated carbocycles. The van der Waals surface area contributed by atoms with Crippen molar-refractivity contribution in [2.24, 2.45) is 14.1 Å². The third kappa shape index (κ3) is 3.29. The highest BCUT2D eigenvalue weighted by Crippen LogP contribution is 2.32. The van der Waals surface area contributed by atoms with Gasteiger partial charge in [-0.25, -0.2) is 9.78 Å². The number of aromatic amines is 1. The number of fused-ring (bicyclic) bond motifs is 1. The van der Waals surface area contributed by atoms with Crippen LogP contribution in [0.4, 0.5) is 0 Å². The van der Waals surface area contributed by atoms with E-state index < -0.39 is 11.2 Å². The Hall–Kier alpha value is -3.81. The van der Waals surface area contributed by atoms with E-state index in [0.717, 1.165) is 10.1 Å².